The minimum atomic E-state index is -1.99. The van der Waals surface area contributed by atoms with Crippen molar-refractivity contribution in [2.45, 2.75) is 38.3 Å². The van der Waals surface area contributed by atoms with Crippen LogP contribution in [0.15, 0.2) is 72.8 Å². The number of hydrogen-bond acceptors (Lipinski definition) is 3. The van der Waals surface area contributed by atoms with Gasteiger partial charge in [-0.25, -0.2) is 4.39 Å². The summed E-state index contributed by atoms with van der Waals surface area (Å²) < 4.78 is 14.2. The van der Waals surface area contributed by atoms with E-state index in [0.29, 0.717) is 28.3 Å². The van der Waals surface area contributed by atoms with Crippen LogP contribution in [-0.2, 0) is 16.9 Å². The predicted molar refractivity (Wildman–Crippen MR) is 117 cm³/mol. The van der Waals surface area contributed by atoms with Crippen molar-refractivity contribution < 1.29 is 19.1 Å². The molecule has 4 rings (SSSR count). The number of Topliss-reactive ketones (excluding diaryl/α,β-unsaturated/α-hetero) is 1. The van der Waals surface area contributed by atoms with E-state index in [1.807, 2.05) is 12.1 Å². The first-order valence-corrected chi connectivity index (χ1v) is 10.3. The maximum absolute atomic E-state index is 14.2. The molecule has 0 aromatic heterocycles. The lowest BCUT2D eigenvalue weighted by molar-refractivity contribution is -0.136. The van der Waals surface area contributed by atoms with E-state index in [9.17, 15) is 19.1 Å². The molecule has 4 nitrogen and oxygen atoms in total. The molecular formula is C26H24FNO3. The van der Waals surface area contributed by atoms with Crippen LogP contribution in [0, 0.1) is 5.82 Å². The number of para-hydroxylation sites is 1. The van der Waals surface area contributed by atoms with Crippen molar-refractivity contribution in [3.8, 4) is 0 Å². The van der Waals surface area contributed by atoms with Crippen LogP contribution in [-0.4, -0.2) is 16.8 Å². The zero-order valence-corrected chi connectivity index (χ0v) is 17.5. The van der Waals surface area contributed by atoms with Crippen LogP contribution < -0.4 is 4.90 Å². The first-order chi connectivity index (χ1) is 14.8. The smallest absolute Gasteiger partial charge is 0.264 e. The van der Waals surface area contributed by atoms with Crippen LogP contribution >= 0.6 is 0 Å². The fourth-order valence-corrected chi connectivity index (χ4v) is 4.02. The normalized spacial score (nSPS) is 17.8. The molecule has 3 aromatic rings. The molecule has 0 radical (unpaired) electrons. The topological polar surface area (TPSA) is 57.6 Å². The number of carbonyl (C=O) groups excluding carboxylic acids is 2. The molecule has 1 amide bonds. The van der Waals surface area contributed by atoms with Crippen molar-refractivity contribution in [3.63, 3.8) is 0 Å². The molecule has 0 aliphatic carbocycles. The van der Waals surface area contributed by atoms with Gasteiger partial charge in [0.05, 0.1) is 18.7 Å². The van der Waals surface area contributed by atoms with Gasteiger partial charge in [0.1, 0.15) is 5.82 Å². The van der Waals surface area contributed by atoms with Gasteiger partial charge in [0.15, 0.2) is 11.4 Å². The molecular weight excluding hydrogens is 393 g/mol. The van der Waals surface area contributed by atoms with Gasteiger partial charge in [0.25, 0.3) is 5.91 Å². The molecule has 0 saturated carbocycles. The summed E-state index contributed by atoms with van der Waals surface area (Å²) in [6.07, 6.45) is -0.377. The molecule has 0 saturated heterocycles. The van der Waals surface area contributed by atoms with Crippen LogP contribution in [0.1, 0.15) is 53.2 Å². The number of rotatable bonds is 6. The van der Waals surface area contributed by atoms with Crippen molar-refractivity contribution in [3.05, 3.63) is 101 Å². The van der Waals surface area contributed by atoms with Crippen molar-refractivity contribution in [1.82, 2.24) is 0 Å². The maximum atomic E-state index is 14.2. The Morgan fingerprint density at radius 1 is 1.00 bits per heavy atom. The van der Waals surface area contributed by atoms with Crippen molar-refractivity contribution in [2.75, 3.05) is 4.90 Å². The third-order valence-electron chi connectivity index (χ3n) is 5.84. The average Bonchev–Trinajstić information content (AvgIpc) is 2.97. The van der Waals surface area contributed by atoms with Gasteiger partial charge in [0, 0.05) is 16.7 Å². The number of aliphatic hydroxyl groups is 1. The standard InChI is InChI=1S/C26H24FNO3/c1-17(2)18-11-13-19(14-12-18)24(29)15-26(31)21-8-4-6-10-23(21)28(25(26)30)16-20-7-3-5-9-22(20)27/h3-14,17,31H,15-16H2,1-2H3/t26-/m1/s1. The second-order valence-corrected chi connectivity index (χ2v) is 8.24. The summed E-state index contributed by atoms with van der Waals surface area (Å²) in [5, 5.41) is 11.4. The summed E-state index contributed by atoms with van der Waals surface area (Å²) in [7, 11) is 0. The Hall–Kier alpha value is -3.31. The van der Waals surface area contributed by atoms with Gasteiger partial charge in [0.2, 0.25) is 0 Å². The lowest BCUT2D eigenvalue weighted by atomic mass is 9.87. The first kappa shape index (κ1) is 20.9. The fraction of sp³-hybridized carbons (Fsp3) is 0.231. The number of anilines is 1. The quantitative estimate of drug-likeness (QED) is 0.577. The number of carbonyl (C=O) groups is 2. The van der Waals surface area contributed by atoms with Crippen molar-refractivity contribution in [2.24, 2.45) is 0 Å². The van der Waals surface area contributed by atoms with E-state index in [4.69, 9.17) is 0 Å². The molecule has 1 aliphatic rings. The Labute approximate surface area is 181 Å². The van der Waals surface area contributed by atoms with Gasteiger partial charge < -0.3 is 10.0 Å². The fourth-order valence-electron chi connectivity index (χ4n) is 4.02. The highest BCUT2D eigenvalue weighted by Gasteiger charge is 2.50. The number of ketones is 1. The molecule has 0 bridgehead atoms. The van der Waals surface area contributed by atoms with Gasteiger partial charge >= 0.3 is 0 Å². The predicted octanol–water partition coefficient (Wildman–Crippen LogP) is 4.96. The number of halogens is 1. The van der Waals surface area contributed by atoms with E-state index < -0.39 is 17.3 Å². The number of amides is 1. The van der Waals surface area contributed by atoms with Gasteiger partial charge in [-0.1, -0.05) is 74.5 Å². The van der Waals surface area contributed by atoms with E-state index in [-0.39, 0.29) is 18.7 Å². The van der Waals surface area contributed by atoms with E-state index in [1.165, 1.54) is 11.0 Å². The molecule has 158 valence electrons. The molecule has 1 heterocycles. The first-order valence-electron chi connectivity index (χ1n) is 10.3. The molecule has 0 spiro atoms. The van der Waals surface area contributed by atoms with Crippen LogP contribution in [0.4, 0.5) is 10.1 Å². The molecule has 1 atom stereocenters. The zero-order valence-electron chi connectivity index (χ0n) is 17.5. The lowest BCUT2D eigenvalue weighted by Crippen LogP contribution is -2.41. The summed E-state index contributed by atoms with van der Waals surface area (Å²) in [5.41, 5.74) is 0.745. The van der Waals surface area contributed by atoms with Crippen LogP contribution in [0.2, 0.25) is 0 Å². The molecule has 0 fully saturated rings. The Kier molecular flexibility index (Phi) is 5.46. The third-order valence-corrected chi connectivity index (χ3v) is 5.84. The average molecular weight is 417 g/mol. The minimum absolute atomic E-state index is 0.0257. The highest BCUT2D eigenvalue weighted by molar-refractivity contribution is 6.10. The van der Waals surface area contributed by atoms with Gasteiger partial charge in [-0.05, 0) is 23.6 Å². The highest BCUT2D eigenvalue weighted by Crippen LogP contribution is 2.43. The summed E-state index contributed by atoms with van der Waals surface area (Å²) in [6, 6.07) is 20.2. The number of nitrogens with zero attached hydrogens (tertiary/aromatic N) is 1. The van der Waals surface area contributed by atoms with Gasteiger partial charge in [-0.3, -0.25) is 9.59 Å². The Morgan fingerprint density at radius 2 is 1.65 bits per heavy atom. The van der Waals surface area contributed by atoms with E-state index in [2.05, 4.69) is 13.8 Å². The van der Waals surface area contributed by atoms with E-state index in [0.717, 1.165) is 5.56 Å². The van der Waals surface area contributed by atoms with Crippen molar-refractivity contribution in [1.29, 1.82) is 0 Å². The van der Waals surface area contributed by atoms with Gasteiger partial charge in [-0.2, -0.15) is 0 Å². The maximum Gasteiger partial charge on any atom is 0.264 e. The Morgan fingerprint density at radius 3 is 2.32 bits per heavy atom. The monoisotopic (exact) mass is 417 g/mol. The van der Waals surface area contributed by atoms with Crippen molar-refractivity contribution >= 4 is 17.4 Å². The van der Waals surface area contributed by atoms with Crippen LogP contribution in [0.25, 0.3) is 0 Å². The number of hydrogen-bond donors (Lipinski definition) is 1. The molecule has 5 heteroatoms. The lowest BCUT2D eigenvalue weighted by Gasteiger charge is -2.23. The Bertz CT molecular complexity index is 1140. The summed E-state index contributed by atoms with van der Waals surface area (Å²) in [5.74, 6) is -1.04. The molecule has 31 heavy (non-hydrogen) atoms. The number of benzene rings is 3. The highest BCUT2D eigenvalue weighted by atomic mass is 19.1. The third kappa shape index (κ3) is 3.77. The van der Waals surface area contributed by atoms with Crippen LogP contribution in [0.5, 0.6) is 0 Å². The molecule has 3 aromatic carbocycles. The van der Waals surface area contributed by atoms with E-state index >= 15 is 0 Å². The summed E-state index contributed by atoms with van der Waals surface area (Å²) in [4.78, 5) is 27.6. The van der Waals surface area contributed by atoms with Crippen LogP contribution in [0.3, 0.4) is 0 Å². The summed E-state index contributed by atoms with van der Waals surface area (Å²) in [6.45, 7) is 4.11. The number of fused-ring (bicyclic) bond motifs is 1. The molecule has 1 N–H and O–H groups in total. The molecule has 0 unspecified atom stereocenters. The minimum Gasteiger partial charge on any atom is -0.375 e. The SMILES string of the molecule is CC(C)c1ccc(C(=O)C[C@]2(O)C(=O)N(Cc3ccccc3F)c3ccccc32)cc1. The molecule has 1 aliphatic heterocycles. The summed E-state index contributed by atoms with van der Waals surface area (Å²) >= 11 is 0. The largest absolute Gasteiger partial charge is 0.375 e. The Balaban J connectivity index is 1.65. The second-order valence-electron chi connectivity index (χ2n) is 8.24. The van der Waals surface area contributed by atoms with E-state index in [1.54, 1.807) is 54.6 Å². The zero-order chi connectivity index (χ0) is 22.2. The second kappa shape index (κ2) is 8.08. The van der Waals surface area contributed by atoms with Gasteiger partial charge in [-0.15, -0.1) is 0 Å².